The smallest absolute Gasteiger partial charge is 0.335 e. The molecule has 0 fully saturated rings. The van der Waals surface area contributed by atoms with Gasteiger partial charge in [0.1, 0.15) is 11.6 Å². The lowest BCUT2D eigenvalue weighted by Gasteiger charge is -2.20. The van der Waals surface area contributed by atoms with Gasteiger partial charge in [0.25, 0.3) is 0 Å². The number of anilines is 1. The van der Waals surface area contributed by atoms with E-state index in [4.69, 9.17) is 9.84 Å². The van der Waals surface area contributed by atoms with Crippen LogP contribution in [0.1, 0.15) is 15.9 Å². The first-order valence-electron chi connectivity index (χ1n) is 6.38. The third-order valence-electron chi connectivity index (χ3n) is 3.20. The molecule has 0 atom stereocenters. The second-order valence-electron chi connectivity index (χ2n) is 4.67. The number of ether oxygens (including phenoxy) is 1. The van der Waals surface area contributed by atoms with Gasteiger partial charge in [-0.05, 0) is 24.3 Å². The fourth-order valence-electron chi connectivity index (χ4n) is 2.00. The van der Waals surface area contributed by atoms with Crippen molar-refractivity contribution in [1.29, 1.82) is 0 Å². The summed E-state index contributed by atoms with van der Waals surface area (Å²) in [6, 6.07) is 11.4. The van der Waals surface area contributed by atoms with Gasteiger partial charge in [0.05, 0.1) is 12.7 Å². The predicted octanol–water partition coefficient (Wildman–Crippen LogP) is 3.17. The Morgan fingerprint density at radius 1 is 1.29 bits per heavy atom. The Kier molecular flexibility index (Phi) is 4.42. The molecule has 0 unspecified atom stereocenters. The summed E-state index contributed by atoms with van der Waals surface area (Å²) in [7, 11) is 3.42. The van der Waals surface area contributed by atoms with Gasteiger partial charge in [0.2, 0.25) is 0 Å². The van der Waals surface area contributed by atoms with Crippen LogP contribution in [-0.2, 0) is 6.54 Å². The minimum atomic E-state index is -1.14. The van der Waals surface area contributed by atoms with Gasteiger partial charge in [-0.1, -0.05) is 12.1 Å². The van der Waals surface area contributed by atoms with E-state index in [0.29, 0.717) is 12.1 Å². The zero-order chi connectivity index (χ0) is 15.4. The maximum atomic E-state index is 13.9. The molecule has 5 heteroatoms. The van der Waals surface area contributed by atoms with Crippen molar-refractivity contribution in [2.24, 2.45) is 0 Å². The maximum absolute atomic E-state index is 13.9. The number of carboxylic acid groups (broad SMARTS) is 1. The van der Waals surface area contributed by atoms with E-state index >= 15 is 0 Å². The highest BCUT2D eigenvalue weighted by molar-refractivity contribution is 5.87. The van der Waals surface area contributed by atoms with Crippen LogP contribution in [0.2, 0.25) is 0 Å². The van der Waals surface area contributed by atoms with Gasteiger partial charge in [0, 0.05) is 30.9 Å². The first kappa shape index (κ1) is 14.8. The molecule has 110 valence electrons. The van der Waals surface area contributed by atoms with Crippen molar-refractivity contribution in [3.05, 3.63) is 59.4 Å². The van der Waals surface area contributed by atoms with Crippen molar-refractivity contribution < 1.29 is 19.0 Å². The van der Waals surface area contributed by atoms with Crippen molar-refractivity contribution in [2.75, 3.05) is 19.1 Å². The Labute approximate surface area is 122 Å². The molecule has 0 spiro atoms. The number of carboxylic acids is 1. The molecule has 0 aromatic heterocycles. The monoisotopic (exact) mass is 289 g/mol. The highest BCUT2D eigenvalue weighted by Gasteiger charge is 2.11. The van der Waals surface area contributed by atoms with Gasteiger partial charge in [-0.25, -0.2) is 9.18 Å². The molecule has 0 aliphatic rings. The van der Waals surface area contributed by atoms with Crippen molar-refractivity contribution >= 4 is 11.7 Å². The molecule has 0 saturated heterocycles. The average Bonchev–Trinajstić information content (AvgIpc) is 2.49. The van der Waals surface area contributed by atoms with Crippen molar-refractivity contribution in [1.82, 2.24) is 0 Å². The first-order chi connectivity index (χ1) is 10.0. The number of benzene rings is 2. The zero-order valence-corrected chi connectivity index (χ0v) is 11.8. The summed E-state index contributed by atoms with van der Waals surface area (Å²) in [6.07, 6.45) is 0. The van der Waals surface area contributed by atoms with Crippen LogP contribution in [0.25, 0.3) is 0 Å². The number of hydrogen-bond acceptors (Lipinski definition) is 3. The predicted molar refractivity (Wildman–Crippen MR) is 78.5 cm³/mol. The fraction of sp³-hybridized carbons (Fsp3) is 0.188. The highest BCUT2D eigenvalue weighted by Crippen LogP contribution is 2.22. The van der Waals surface area contributed by atoms with Crippen LogP contribution in [0.4, 0.5) is 10.1 Å². The van der Waals surface area contributed by atoms with E-state index in [1.54, 1.807) is 7.11 Å². The summed E-state index contributed by atoms with van der Waals surface area (Å²) in [5.41, 5.74) is 1.27. The zero-order valence-electron chi connectivity index (χ0n) is 11.8. The van der Waals surface area contributed by atoms with Gasteiger partial charge < -0.3 is 14.7 Å². The van der Waals surface area contributed by atoms with E-state index in [-0.39, 0.29) is 5.56 Å². The van der Waals surface area contributed by atoms with Crippen LogP contribution in [0.3, 0.4) is 0 Å². The molecule has 0 saturated carbocycles. The summed E-state index contributed by atoms with van der Waals surface area (Å²) in [6.45, 7) is 0.332. The number of carbonyl (C=O) groups is 1. The number of halogens is 1. The summed E-state index contributed by atoms with van der Waals surface area (Å²) in [4.78, 5) is 12.7. The molecule has 2 aromatic rings. The summed E-state index contributed by atoms with van der Waals surface area (Å²) < 4.78 is 19.1. The Balaban J connectivity index is 2.19. The third kappa shape index (κ3) is 3.51. The standard InChI is InChI=1S/C16H16FNO3/c1-18(13-4-3-5-14(9-13)21-2)10-12-7-6-11(16(19)20)8-15(12)17/h3-9H,10H2,1-2H3,(H,19,20). The normalized spacial score (nSPS) is 10.2. The first-order valence-corrected chi connectivity index (χ1v) is 6.38. The number of methoxy groups -OCH3 is 1. The number of hydrogen-bond donors (Lipinski definition) is 1. The van der Waals surface area contributed by atoms with Crippen LogP contribution in [-0.4, -0.2) is 25.2 Å². The number of rotatable bonds is 5. The topological polar surface area (TPSA) is 49.8 Å². The Morgan fingerprint density at radius 2 is 2.05 bits per heavy atom. The molecule has 21 heavy (non-hydrogen) atoms. The van der Waals surface area contributed by atoms with Crippen molar-refractivity contribution in [3.63, 3.8) is 0 Å². The highest BCUT2D eigenvalue weighted by atomic mass is 19.1. The number of aromatic carboxylic acids is 1. The number of nitrogens with zero attached hydrogens (tertiary/aromatic N) is 1. The molecule has 1 N–H and O–H groups in total. The average molecular weight is 289 g/mol. The van der Waals surface area contributed by atoms with Gasteiger partial charge in [-0.15, -0.1) is 0 Å². The molecule has 0 aliphatic heterocycles. The molecule has 0 aliphatic carbocycles. The van der Waals surface area contributed by atoms with Crippen molar-refractivity contribution in [2.45, 2.75) is 6.54 Å². The summed E-state index contributed by atoms with van der Waals surface area (Å²) in [5.74, 6) is -0.938. The third-order valence-corrected chi connectivity index (χ3v) is 3.20. The molecule has 2 aromatic carbocycles. The molecule has 2 rings (SSSR count). The van der Waals surface area contributed by atoms with E-state index in [1.807, 2.05) is 36.2 Å². The lowest BCUT2D eigenvalue weighted by molar-refractivity contribution is 0.0696. The lowest BCUT2D eigenvalue weighted by Crippen LogP contribution is -2.17. The quantitative estimate of drug-likeness (QED) is 0.918. The van der Waals surface area contributed by atoms with Gasteiger partial charge in [-0.2, -0.15) is 0 Å². The Hall–Kier alpha value is -2.56. The van der Waals surface area contributed by atoms with Crippen LogP contribution >= 0.6 is 0 Å². The summed E-state index contributed by atoms with van der Waals surface area (Å²) >= 11 is 0. The molecule has 0 heterocycles. The van der Waals surface area contributed by atoms with E-state index in [1.165, 1.54) is 12.1 Å². The van der Waals surface area contributed by atoms with E-state index < -0.39 is 11.8 Å². The van der Waals surface area contributed by atoms with Crippen molar-refractivity contribution in [3.8, 4) is 5.75 Å². The lowest BCUT2D eigenvalue weighted by atomic mass is 10.1. The minimum absolute atomic E-state index is 0.0553. The van der Waals surface area contributed by atoms with Crippen LogP contribution in [0.15, 0.2) is 42.5 Å². The SMILES string of the molecule is COc1cccc(N(C)Cc2ccc(C(=O)O)cc2F)c1. The second-order valence-corrected chi connectivity index (χ2v) is 4.67. The Morgan fingerprint density at radius 3 is 2.67 bits per heavy atom. The van der Waals surface area contributed by atoms with E-state index in [2.05, 4.69) is 0 Å². The van der Waals surface area contributed by atoms with E-state index in [9.17, 15) is 9.18 Å². The maximum Gasteiger partial charge on any atom is 0.335 e. The molecule has 0 radical (unpaired) electrons. The molecular weight excluding hydrogens is 273 g/mol. The van der Waals surface area contributed by atoms with Gasteiger partial charge in [-0.3, -0.25) is 0 Å². The summed E-state index contributed by atoms with van der Waals surface area (Å²) in [5, 5.41) is 8.83. The molecule has 4 nitrogen and oxygen atoms in total. The van der Waals surface area contributed by atoms with Crippen LogP contribution < -0.4 is 9.64 Å². The minimum Gasteiger partial charge on any atom is -0.497 e. The molecule has 0 bridgehead atoms. The molecular formula is C16H16FNO3. The van der Waals surface area contributed by atoms with Crippen LogP contribution in [0.5, 0.6) is 5.75 Å². The van der Waals surface area contributed by atoms with Crippen LogP contribution in [0, 0.1) is 5.82 Å². The fourth-order valence-corrected chi connectivity index (χ4v) is 2.00. The van der Waals surface area contributed by atoms with Gasteiger partial charge in [0.15, 0.2) is 0 Å². The largest absolute Gasteiger partial charge is 0.497 e. The molecule has 0 amide bonds. The second kappa shape index (κ2) is 6.26. The van der Waals surface area contributed by atoms with E-state index in [0.717, 1.165) is 17.5 Å². The van der Waals surface area contributed by atoms with Gasteiger partial charge >= 0.3 is 5.97 Å². The Bertz CT molecular complexity index is 658.